The van der Waals surface area contributed by atoms with Gasteiger partial charge in [-0.3, -0.25) is 4.55 Å². The second kappa shape index (κ2) is 7.27. The zero-order chi connectivity index (χ0) is 17.0. The molecule has 0 aliphatic rings. The molecule has 0 saturated carbocycles. The maximum Gasteiger partial charge on any atom is 0.295 e. The van der Waals surface area contributed by atoms with Crippen LogP contribution in [0.25, 0.3) is 10.8 Å². The number of aliphatic hydroxyl groups is 1. The Labute approximate surface area is 135 Å². The van der Waals surface area contributed by atoms with Gasteiger partial charge in [-0.05, 0) is 12.1 Å². The van der Waals surface area contributed by atoms with Crippen molar-refractivity contribution in [3.8, 4) is 5.75 Å². The van der Waals surface area contributed by atoms with Gasteiger partial charge in [-0.2, -0.15) is 8.42 Å². The number of hydrogen-bond acceptors (Lipinski definition) is 5. The highest BCUT2D eigenvalue weighted by molar-refractivity contribution is 7.86. The quantitative estimate of drug-likeness (QED) is 0.666. The first-order valence-corrected chi connectivity index (χ1v) is 8.76. The normalized spacial score (nSPS) is 13.4. The largest absolute Gasteiger partial charge is 0.490 e. The molecule has 0 saturated heterocycles. The average Bonchev–Trinajstić information content (AvgIpc) is 2.49. The van der Waals surface area contributed by atoms with Crippen LogP contribution in [-0.2, 0) is 10.1 Å². The molecule has 0 aromatic heterocycles. The summed E-state index contributed by atoms with van der Waals surface area (Å²) in [5.41, 5.74) is 0. The van der Waals surface area contributed by atoms with Gasteiger partial charge in [0.25, 0.3) is 10.1 Å². The van der Waals surface area contributed by atoms with E-state index < -0.39 is 16.2 Å². The van der Waals surface area contributed by atoms with E-state index in [4.69, 9.17) is 4.74 Å². The van der Waals surface area contributed by atoms with Gasteiger partial charge in [0.2, 0.25) is 0 Å². The molecule has 1 unspecified atom stereocenters. The van der Waals surface area contributed by atoms with Crippen molar-refractivity contribution in [1.29, 1.82) is 0 Å². The molecule has 0 bridgehead atoms. The summed E-state index contributed by atoms with van der Waals surface area (Å²) in [6, 6.07) is 9.78. The molecule has 0 aliphatic carbocycles. The van der Waals surface area contributed by atoms with Crippen molar-refractivity contribution in [3.63, 3.8) is 0 Å². The number of hydrogen-bond donors (Lipinski definition) is 3. The summed E-state index contributed by atoms with van der Waals surface area (Å²) in [6.45, 7) is 4.44. The standard InChI is InChI=1S/C16H21NO5S/c1-11(2)17-9-12(18)10-22-15-7-8-16(23(19,20)21)14-6-4-3-5-13(14)15/h3-8,11-12,17-18H,9-10H2,1-2H3,(H,19,20,21). The highest BCUT2D eigenvalue weighted by atomic mass is 32.2. The third kappa shape index (κ3) is 4.65. The maximum absolute atomic E-state index is 11.4. The van der Waals surface area contributed by atoms with Gasteiger partial charge in [-0.25, -0.2) is 0 Å². The van der Waals surface area contributed by atoms with Crippen LogP contribution in [0.4, 0.5) is 0 Å². The first kappa shape index (κ1) is 17.7. The van der Waals surface area contributed by atoms with E-state index in [0.717, 1.165) is 0 Å². The fourth-order valence-electron chi connectivity index (χ4n) is 2.21. The molecule has 7 heteroatoms. The van der Waals surface area contributed by atoms with Crippen LogP contribution in [0.3, 0.4) is 0 Å². The van der Waals surface area contributed by atoms with Gasteiger partial charge in [0.05, 0.1) is 0 Å². The van der Waals surface area contributed by atoms with Gasteiger partial charge in [0, 0.05) is 23.4 Å². The molecule has 0 aliphatic heterocycles. The van der Waals surface area contributed by atoms with E-state index >= 15 is 0 Å². The lowest BCUT2D eigenvalue weighted by atomic mass is 10.1. The summed E-state index contributed by atoms with van der Waals surface area (Å²) in [5, 5.41) is 13.9. The van der Waals surface area contributed by atoms with Crippen molar-refractivity contribution in [3.05, 3.63) is 36.4 Å². The summed E-state index contributed by atoms with van der Waals surface area (Å²) in [4.78, 5) is -0.164. The van der Waals surface area contributed by atoms with Gasteiger partial charge in [0.1, 0.15) is 23.4 Å². The lowest BCUT2D eigenvalue weighted by Gasteiger charge is -2.16. The predicted octanol–water partition coefficient (Wildman–Crippen LogP) is 1.82. The minimum Gasteiger partial charge on any atom is -0.490 e. The lowest BCUT2D eigenvalue weighted by Crippen LogP contribution is -2.35. The molecule has 2 rings (SSSR count). The molecule has 6 nitrogen and oxygen atoms in total. The fourth-order valence-corrected chi connectivity index (χ4v) is 2.91. The van der Waals surface area contributed by atoms with Crippen LogP contribution in [0, 0.1) is 0 Å². The Hall–Kier alpha value is -1.67. The highest BCUT2D eigenvalue weighted by Crippen LogP contribution is 2.30. The van der Waals surface area contributed by atoms with Gasteiger partial charge in [-0.15, -0.1) is 0 Å². The van der Waals surface area contributed by atoms with Crippen LogP contribution in [0.2, 0.25) is 0 Å². The number of nitrogens with one attached hydrogen (secondary N) is 1. The minimum absolute atomic E-state index is 0.0783. The Morgan fingerprint density at radius 1 is 1.13 bits per heavy atom. The van der Waals surface area contributed by atoms with Crippen LogP contribution in [0.5, 0.6) is 5.75 Å². The van der Waals surface area contributed by atoms with E-state index in [-0.39, 0.29) is 17.5 Å². The molecule has 0 fully saturated rings. The van der Waals surface area contributed by atoms with Crippen molar-refractivity contribution in [2.45, 2.75) is 30.9 Å². The Bertz CT molecular complexity index is 773. The smallest absolute Gasteiger partial charge is 0.295 e. The highest BCUT2D eigenvalue weighted by Gasteiger charge is 2.16. The molecular formula is C16H21NO5S. The number of fused-ring (bicyclic) bond motifs is 1. The molecule has 0 spiro atoms. The Balaban J connectivity index is 2.23. The van der Waals surface area contributed by atoms with E-state index in [0.29, 0.717) is 23.1 Å². The fraction of sp³-hybridized carbons (Fsp3) is 0.375. The minimum atomic E-state index is -4.31. The molecule has 3 N–H and O–H groups in total. The number of benzene rings is 2. The molecule has 23 heavy (non-hydrogen) atoms. The summed E-state index contributed by atoms with van der Waals surface area (Å²) in [5.74, 6) is 0.455. The first-order chi connectivity index (χ1) is 10.8. The monoisotopic (exact) mass is 339 g/mol. The second-order valence-corrected chi connectivity index (χ2v) is 7.00. The van der Waals surface area contributed by atoms with Crippen molar-refractivity contribution >= 4 is 20.9 Å². The maximum atomic E-state index is 11.4. The molecule has 2 aromatic rings. The van der Waals surface area contributed by atoms with Crippen molar-refractivity contribution in [2.75, 3.05) is 13.2 Å². The van der Waals surface area contributed by atoms with Gasteiger partial charge < -0.3 is 15.2 Å². The lowest BCUT2D eigenvalue weighted by molar-refractivity contribution is 0.105. The predicted molar refractivity (Wildman–Crippen MR) is 88.4 cm³/mol. The topological polar surface area (TPSA) is 95.9 Å². The van der Waals surface area contributed by atoms with Gasteiger partial charge in [-0.1, -0.05) is 38.1 Å². The van der Waals surface area contributed by atoms with E-state index in [9.17, 15) is 18.1 Å². The molecule has 0 radical (unpaired) electrons. The molecular weight excluding hydrogens is 318 g/mol. The van der Waals surface area contributed by atoms with E-state index in [2.05, 4.69) is 5.32 Å². The van der Waals surface area contributed by atoms with Crippen LogP contribution < -0.4 is 10.1 Å². The third-order valence-corrected chi connectivity index (χ3v) is 4.23. The number of aliphatic hydroxyl groups excluding tert-OH is 1. The molecule has 1 atom stereocenters. The Morgan fingerprint density at radius 3 is 2.39 bits per heavy atom. The summed E-state index contributed by atoms with van der Waals surface area (Å²) < 4.78 is 37.8. The number of ether oxygens (including phenoxy) is 1. The van der Waals surface area contributed by atoms with Crippen LogP contribution in [0.15, 0.2) is 41.3 Å². The molecule has 126 valence electrons. The average molecular weight is 339 g/mol. The third-order valence-electron chi connectivity index (χ3n) is 3.31. The summed E-state index contributed by atoms with van der Waals surface area (Å²) in [6.07, 6.45) is -0.683. The van der Waals surface area contributed by atoms with E-state index in [1.54, 1.807) is 24.3 Å². The van der Waals surface area contributed by atoms with E-state index in [1.807, 2.05) is 13.8 Å². The Kier molecular flexibility index (Phi) is 5.59. The van der Waals surface area contributed by atoms with Crippen molar-refractivity contribution in [1.82, 2.24) is 5.32 Å². The zero-order valence-corrected chi connectivity index (χ0v) is 13.9. The van der Waals surface area contributed by atoms with Gasteiger partial charge >= 0.3 is 0 Å². The second-order valence-electron chi connectivity index (χ2n) is 5.61. The molecule has 0 heterocycles. The SMILES string of the molecule is CC(C)NCC(O)COc1ccc(S(=O)(=O)O)c2ccccc12. The van der Waals surface area contributed by atoms with Gasteiger partial charge in [0.15, 0.2) is 0 Å². The zero-order valence-electron chi connectivity index (χ0n) is 13.1. The summed E-state index contributed by atoms with van der Waals surface area (Å²) in [7, 11) is -4.31. The Morgan fingerprint density at radius 2 is 1.78 bits per heavy atom. The van der Waals surface area contributed by atoms with Crippen molar-refractivity contribution < 1.29 is 22.8 Å². The molecule has 2 aromatic carbocycles. The van der Waals surface area contributed by atoms with Crippen LogP contribution in [-0.4, -0.2) is 43.4 Å². The van der Waals surface area contributed by atoms with Crippen LogP contribution >= 0.6 is 0 Å². The van der Waals surface area contributed by atoms with Crippen molar-refractivity contribution in [2.24, 2.45) is 0 Å². The molecule has 0 amide bonds. The first-order valence-electron chi connectivity index (χ1n) is 7.32. The summed E-state index contributed by atoms with van der Waals surface area (Å²) >= 11 is 0. The van der Waals surface area contributed by atoms with E-state index in [1.165, 1.54) is 12.1 Å². The number of rotatable bonds is 7. The van der Waals surface area contributed by atoms with Crippen LogP contribution in [0.1, 0.15) is 13.8 Å².